The lowest BCUT2D eigenvalue weighted by molar-refractivity contribution is -0.124. The van der Waals surface area contributed by atoms with Crippen molar-refractivity contribution in [3.8, 4) is 0 Å². The number of nitrogens with one attached hydrogen (secondary N) is 1. The SMILES string of the molecule is Cn1cccc(C(=O)NC2(C(N)=O)CCCCCC2)c1=O. The molecule has 0 aliphatic heterocycles. The lowest BCUT2D eigenvalue weighted by Gasteiger charge is -2.30. The van der Waals surface area contributed by atoms with E-state index in [9.17, 15) is 14.4 Å². The lowest BCUT2D eigenvalue weighted by atomic mass is 9.89. The van der Waals surface area contributed by atoms with Crippen molar-refractivity contribution in [2.75, 3.05) is 0 Å². The Bertz CT molecular complexity index is 598. The van der Waals surface area contributed by atoms with Gasteiger partial charge in [0.15, 0.2) is 0 Å². The summed E-state index contributed by atoms with van der Waals surface area (Å²) < 4.78 is 1.33. The number of carbonyl (C=O) groups is 2. The van der Waals surface area contributed by atoms with Crippen molar-refractivity contribution in [2.24, 2.45) is 12.8 Å². The van der Waals surface area contributed by atoms with Gasteiger partial charge >= 0.3 is 0 Å². The van der Waals surface area contributed by atoms with Gasteiger partial charge in [-0.1, -0.05) is 25.7 Å². The van der Waals surface area contributed by atoms with Crippen molar-refractivity contribution >= 4 is 11.8 Å². The van der Waals surface area contributed by atoms with Gasteiger partial charge in [-0.25, -0.2) is 0 Å². The minimum Gasteiger partial charge on any atom is -0.368 e. The summed E-state index contributed by atoms with van der Waals surface area (Å²) >= 11 is 0. The molecule has 0 bridgehead atoms. The smallest absolute Gasteiger partial charge is 0.263 e. The molecule has 0 radical (unpaired) electrons. The van der Waals surface area contributed by atoms with E-state index in [1.54, 1.807) is 19.3 Å². The highest BCUT2D eigenvalue weighted by Gasteiger charge is 2.38. The Hall–Kier alpha value is -2.11. The number of nitrogens with two attached hydrogens (primary N) is 1. The van der Waals surface area contributed by atoms with Gasteiger partial charge in [0.2, 0.25) is 5.91 Å². The van der Waals surface area contributed by atoms with E-state index >= 15 is 0 Å². The fourth-order valence-corrected chi connectivity index (χ4v) is 2.82. The van der Waals surface area contributed by atoms with Crippen molar-refractivity contribution in [2.45, 2.75) is 44.1 Å². The molecule has 21 heavy (non-hydrogen) atoms. The fourth-order valence-electron chi connectivity index (χ4n) is 2.82. The number of rotatable bonds is 3. The molecule has 0 unspecified atom stereocenters. The predicted octanol–water partition coefficient (Wildman–Crippen LogP) is 0.693. The molecule has 114 valence electrons. The number of pyridine rings is 1. The van der Waals surface area contributed by atoms with E-state index in [0.717, 1.165) is 25.7 Å². The van der Waals surface area contributed by atoms with Crippen LogP contribution < -0.4 is 16.6 Å². The average Bonchev–Trinajstić information content (AvgIpc) is 2.68. The Morgan fingerprint density at radius 3 is 2.43 bits per heavy atom. The summed E-state index contributed by atoms with van der Waals surface area (Å²) in [6.07, 6.45) is 6.37. The Labute approximate surface area is 123 Å². The number of hydrogen-bond acceptors (Lipinski definition) is 3. The van der Waals surface area contributed by atoms with Gasteiger partial charge in [0.25, 0.3) is 11.5 Å². The normalized spacial score (nSPS) is 17.8. The molecular formula is C15H21N3O3. The van der Waals surface area contributed by atoms with Gasteiger partial charge in [-0.05, 0) is 25.0 Å². The molecule has 1 heterocycles. The van der Waals surface area contributed by atoms with E-state index < -0.39 is 17.4 Å². The summed E-state index contributed by atoms with van der Waals surface area (Å²) in [5.74, 6) is -1.05. The Kier molecular flexibility index (Phi) is 4.45. The molecule has 1 aromatic heterocycles. The number of aromatic nitrogens is 1. The first kappa shape index (κ1) is 15.3. The zero-order valence-electron chi connectivity index (χ0n) is 12.2. The third-order valence-corrected chi connectivity index (χ3v) is 4.15. The van der Waals surface area contributed by atoms with Gasteiger partial charge in [0, 0.05) is 13.2 Å². The lowest BCUT2D eigenvalue weighted by Crippen LogP contribution is -2.57. The summed E-state index contributed by atoms with van der Waals surface area (Å²) in [7, 11) is 1.58. The van der Waals surface area contributed by atoms with Crippen LogP contribution in [0.1, 0.15) is 48.9 Å². The van der Waals surface area contributed by atoms with Crippen LogP contribution in [0.25, 0.3) is 0 Å². The largest absolute Gasteiger partial charge is 0.368 e. The molecular weight excluding hydrogens is 270 g/mol. The van der Waals surface area contributed by atoms with E-state index in [1.165, 1.54) is 10.6 Å². The Morgan fingerprint density at radius 1 is 1.24 bits per heavy atom. The standard InChI is InChI=1S/C15H21N3O3/c1-18-10-6-7-11(13(18)20)12(19)17-15(14(16)21)8-4-2-3-5-9-15/h6-7,10H,2-5,8-9H2,1H3,(H2,16,21)(H,17,19). The second-order valence-corrected chi connectivity index (χ2v) is 5.65. The highest BCUT2D eigenvalue weighted by Crippen LogP contribution is 2.27. The maximum absolute atomic E-state index is 12.4. The second-order valence-electron chi connectivity index (χ2n) is 5.65. The number of nitrogens with zero attached hydrogens (tertiary/aromatic N) is 1. The highest BCUT2D eigenvalue weighted by atomic mass is 16.2. The number of primary amides is 1. The number of aryl methyl sites for hydroxylation is 1. The van der Waals surface area contributed by atoms with Crippen molar-refractivity contribution in [3.63, 3.8) is 0 Å². The summed E-state index contributed by atoms with van der Waals surface area (Å²) in [5, 5.41) is 2.73. The van der Waals surface area contributed by atoms with Crippen LogP contribution in [0.4, 0.5) is 0 Å². The number of amides is 2. The Balaban J connectivity index is 2.28. The third-order valence-electron chi connectivity index (χ3n) is 4.15. The average molecular weight is 291 g/mol. The summed E-state index contributed by atoms with van der Waals surface area (Å²) in [5.41, 5.74) is 4.14. The zero-order valence-corrected chi connectivity index (χ0v) is 12.2. The number of carbonyl (C=O) groups excluding carboxylic acids is 2. The molecule has 0 atom stereocenters. The van der Waals surface area contributed by atoms with Gasteiger partial charge in [0.1, 0.15) is 11.1 Å². The first-order valence-electron chi connectivity index (χ1n) is 7.24. The first-order chi connectivity index (χ1) is 9.96. The van der Waals surface area contributed by atoms with Crippen LogP contribution in [-0.4, -0.2) is 21.9 Å². The monoisotopic (exact) mass is 291 g/mol. The van der Waals surface area contributed by atoms with Gasteiger partial charge < -0.3 is 15.6 Å². The molecule has 3 N–H and O–H groups in total. The molecule has 0 spiro atoms. The topological polar surface area (TPSA) is 94.2 Å². The van der Waals surface area contributed by atoms with Crippen molar-refractivity contribution < 1.29 is 9.59 Å². The molecule has 1 fully saturated rings. The van der Waals surface area contributed by atoms with Crippen LogP contribution >= 0.6 is 0 Å². The molecule has 2 amide bonds. The summed E-state index contributed by atoms with van der Waals surface area (Å²) in [6.45, 7) is 0. The number of hydrogen-bond donors (Lipinski definition) is 2. The minimum atomic E-state index is -1.03. The maximum atomic E-state index is 12.4. The second kappa shape index (κ2) is 6.11. The van der Waals surface area contributed by atoms with Gasteiger partial charge in [-0.3, -0.25) is 14.4 Å². The van der Waals surface area contributed by atoms with Crippen LogP contribution in [0.2, 0.25) is 0 Å². The molecule has 1 aliphatic carbocycles. The van der Waals surface area contributed by atoms with Crippen LogP contribution in [0.3, 0.4) is 0 Å². The zero-order chi connectivity index (χ0) is 15.5. The van der Waals surface area contributed by atoms with Crippen molar-refractivity contribution in [1.82, 2.24) is 9.88 Å². The molecule has 6 nitrogen and oxygen atoms in total. The van der Waals surface area contributed by atoms with E-state index in [1.807, 2.05) is 0 Å². The maximum Gasteiger partial charge on any atom is 0.263 e. The highest BCUT2D eigenvalue weighted by molar-refractivity contribution is 5.98. The van der Waals surface area contributed by atoms with E-state index in [2.05, 4.69) is 5.32 Å². The predicted molar refractivity (Wildman–Crippen MR) is 78.8 cm³/mol. The molecule has 1 aromatic rings. The van der Waals surface area contributed by atoms with E-state index in [0.29, 0.717) is 12.8 Å². The first-order valence-corrected chi connectivity index (χ1v) is 7.24. The summed E-state index contributed by atoms with van der Waals surface area (Å²) in [4.78, 5) is 36.2. The molecule has 1 aliphatic rings. The van der Waals surface area contributed by atoms with Crippen LogP contribution in [0, 0.1) is 0 Å². The Morgan fingerprint density at radius 2 is 1.86 bits per heavy atom. The molecule has 2 rings (SSSR count). The van der Waals surface area contributed by atoms with Gasteiger partial charge in [-0.2, -0.15) is 0 Å². The van der Waals surface area contributed by atoms with E-state index in [-0.39, 0.29) is 11.1 Å². The third kappa shape index (κ3) is 3.15. The minimum absolute atomic E-state index is 0.0323. The van der Waals surface area contributed by atoms with Crippen LogP contribution in [-0.2, 0) is 11.8 Å². The molecule has 0 aromatic carbocycles. The quantitative estimate of drug-likeness (QED) is 0.802. The molecule has 1 saturated carbocycles. The molecule has 0 saturated heterocycles. The van der Waals surface area contributed by atoms with Gasteiger partial charge in [-0.15, -0.1) is 0 Å². The van der Waals surface area contributed by atoms with Crippen LogP contribution in [0.15, 0.2) is 23.1 Å². The molecule has 6 heteroatoms. The van der Waals surface area contributed by atoms with Crippen molar-refractivity contribution in [3.05, 3.63) is 34.2 Å². The van der Waals surface area contributed by atoms with Gasteiger partial charge in [0.05, 0.1) is 0 Å². The van der Waals surface area contributed by atoms with Crippen LogP contribution in [0.5, 0.6) is 0 Å². The fraction of sp³-hybridized carbons (Fsp3) is 0.533. The summed E-state index contributed by atoms with van der Waals surface area (Å²) in [6, 6.07) is 3.09. The van der Waals surface area contributed by atoms with Crippen molar-refractivity contribution in [1.29, 1.82) is 0 Å². The van der Waals surface area contributed by atoms with E-state index in [4.69, 9.17) is 5.73 Å².